The summed E-state index contributed by atoms with van der Waals surface area (Å²) in [6, 6.07) is 9.88. The predicted molar refractivity (Wildman–Crippen MR) is 72.7 cm³/mol. The van der Waals surface area contributed by atoms with E-state index in [9.17, 15) is 21.8 Å². The average molecular weight is 316 g/mol. The third-order valence-electron chi connectivity index (χ3n) is 3.06. The number of alkyl halides is 3. The van der Waals surface area contributed by atoms with Crippen LogP contribution in [0.2, 0.25) is 0 Å². The summed E-state index contributed by atoms with van der Waals surface area (Å²) in [5.41, 5.74) is -0.249. The van der Waals surface area contributed by atoms with Gasteiger partial charge in [0.05, 0.1) is 21.6 Å². The molecule has 2 aromatic rings. The molecular weight excluding hydrogens is 304 g/mol. The van der Waals surface area contributed by atoms with Gasteiger partial charge in [0.2, 0.25) is 0 Å². The molecule has 0 N–H and O–H groups in total. The van der Waals surface area contributed by atoms with E-state index in [0.717, 1.165) is 18.2 Å². The molecule has 6 heteroatoms. The summed E-state index contributed by atoms with van der Waals surface area (Å²) in [6.45, 7) is 1.63. The van der Waals surface area contributed by atoms with Crippen LogP contribution in [0.3, 0.4) is 0 Å². The van der Waals surface area contributed by atoms with Gasteiger partial charge >= 0.3 is 6.18 Å². The SMILES string of the molecule is C[C@H](c1ccc(C(F)(F)F)cc1)[S@@](=O)c1cccc(F)c1. The Morgan fingerprint density at radius 2 is 1.67 bits per heavy atom. The van der Waals surface area contributed by atoms with E-state index in [1.54, 1.807) is 6.92 Å². The van der Waals surface area contributed by atoms with Crippen LogP contribution < -0.4 is 0 Å². The summed E-state index contributed by atoms with van der Waals surface area (Å²) in [4.78, 5) is 0.308. The second-order valence-electron chi connectivity index (χ2n) is 4.52. The monoisotopic (exact) mass is 316 g/mol. The van der Waals surface area contributed by atoms with E-state index in [2.05, 4.69) is 0 Å². The second kappa shape index (κ2) is 5.97. The summed E-state index contributed by atoms with van der Waals surface area (Å²) < 4.78 is 62.9. The summed E-state index contributed by atoms with van der Waals surface area (Å²) >= 11 is 0. The molecule has 0 heterocycles. The van der Waals surface area contributed by atoms with Gasteiger partial charge in [0.15, 0.2) is 0 Å². The van der Waals surface area contributed by atoms with Gasteiger partial charge in [-0.25, -0.2) is 4.39 Å². The molecule has 0 saturated carbocycles. The first-order chi connectivity index (χ1) is 9.79. The summed E-state index contributed by atoms with van der Waals surface area (Å²) in [5.74, 6) is -0.500. The van der Waals surface area contributed by atoms with Crippen LogP contribution in [-0.4, -0.2) is 4.21 Å². The highest BCUT2D eigenvalue weighted by Gasteiger charge is 2.30. The Balaban J connectivity index is 2.24. The lowest BCUT2D eigenvalue weighted by atomic mass is 10.1. The predicted octanol–water partition coefficient (Wildman–Crippen LogP) is 4.71. The third kappa shape index (κ3) is 3.69. The zero-order chi connectivity index (χ0) is 15.6. The van der Waals surface area contributed by atoms with Crippen molar-refractivity contribution in [3.8, 4) is 0 Å². The number of hydrogen-bond acceptors (Lipinski definition) is 1. The maximum atomic E-state index is 13.1. The number of hydrogen-bond donors (Lipinski definition) is 0. The van der Waals surface area contributed by atoms with E-state index in [4.69, 9.17) is 0 Å². The van der Waals surface area contributed by atoms with Crippen LogP contribution >= 0.6 is 0 Å². The Morgan fingerprint density at radius 1 is 1.05 bits per heavy atom. The van der Waals surface area contributed by atoms with Crippen molar-refractivity contribution in [2.75, 3.05) is 0 Å². The fraction of sp³-hybridized carbons (Fsp3) is 0.200. The first-order valence-electron chi connectivity index (χ1n) is 6.12. The largest absolute Gasteiger partial charge is 0.416 e. The molecule has 0 bridgehead atoms. The van der Waals surface area contributed by atoms with Gasteiger partial charge < -0.3 is 0 Å². The molecule has 0 unspecified atom stereocenters. The maximum absolute atomic E-state index is 13.1. The minimum Gasteiger partial charge on any atom is -0.254 e. The van der Waals surface area contributed by atoms with E-state index in [0.29, 0.717) is 10.5 Å². The first kappa shape index (κ1) is 15.7. The molecule has 21 heavy (non-hydrogen) atoms. The number of benzene rings is 2. The lowest BCUT2D eigenvalue weighted by Crippen LogP contribution is -2.07. The minimum atomic E-state index is -4.40. The van der Waals surface area contributed by atoms with Crippen molar-refractivity contribution in [3.63, 3.8) is 0 Å². The summed E-state index contributed by atoms with van der Waals surface area (Å²) in [5, 5.41) is -0.533. The molecule has 0 saturated heterocycles. The highest BCUT2D eigenvalue weighted by molar-refractivity contribution is 7.85. The molecule has 2 aromatic carbocycles. The molecule has 2 rings (SSSR count). The minimum absolute atomic E-state index is 0.308. The fourth-order valence-corrected chi connectivity index (χ4v) is 3.12. The molecule has 0 aliphatic heterocycles. The van der Waals surface area contributed by atoms with E-state index < -0.39 is 33.6 Å². The van der Waals surface area contributed by atoms with E-state index >= 15 is 0 Å². The summed E-state index contributed by atoms with van der Waals surface area (Å²) in [7, 11) is -1.54. The zero-order valence-corrected chi connectivity index (χ0v) is 11.8. The van der Waals surface area contributed by atoms with Crippen LogP contribution in [-0.2, 0) is 17.0 Å². The van der Waals surface area contributed by atoms with Gasteiger partial charge in [0, 0.05) is 4.90 Å². The molecule has 2 atom stereocenters. The van der Waals surface area contributed by atoms with Crippen LogP contribution in [0, 0.1) is 5.82 Å². The van der Waals surface area contributed by atoms with Gasteiger partial charge in [0.25, 0.3) is 0 Å². The van der Waals surface area contributed by atoms with Crippen molar-refractivity contribution >= 4 is 10.8 Å². The Kier molecular flexibility index (Phi) is 4.46. The Bertz CT molecular complexity index is 649. The second-order valence-corrected chi connectivity index (χ2v) is 6.29. The zero-order valence-electron chi connectivity index (χ0n) is 11.0. The van der Waals surface area contributed by atoms with Gasteiger partial charge in [-0.15, -0.1) is 0 Å². The molecule has 0 aliphatic carbocycles. The molecule has 0 fully saturated rings. The lowest BCUT2D eigenvalue weighted by molar-refractivity contribution is -0.137. The smallest absolute Gasteiger partial charge is 0.254 e. The van der Waals surface area contributed by atoms with E-state index in [-0.39, 0.29) is 0 Å². The van der Waals surface area contributed by atoms with Crippen molar-refractivity contribution in [2.45, 2.75) is 23.2 Å². The average Bonchev–Trinajstić information content (AvgIpc) is 2.45. The van der Waals surface area contributed by atoms with Crippen LogP contribution in [0.1, 0.15) is 23.3 Å². The Hall–Kier alpha value is -1.69. The molecule has 0 radical (unpaired) electrons. The Labute approximate surface area is 122 Å². The third-order valence-corrected chi connectivity index (χ3v) is 4.69. The van der Waals surface area contributed by atoms with Gasteiger partial charge in [-0.2, -0.15) is 13.2 Å². The van der Waals surface area contributed by atoms with E-state index in [1.165, 1.54) is 30.3 Å². The van der Waals surface area contributed by atoms with Crippen LogP contribution in [0.5, 0.6) is 0 Å². The van der Waals surface area contributed by atoms with Crippen molar-refractivity contribution in [2.24, 2.45) is 0 Å². The van der Waals surface area contributed by atoms with Gasteiger partial charge in [-0.1, -0.05) is 18.2 Å². The van der Waals surface area contributed by atoms with Crippen LogP contribution in [0.25, 0.3) is 0 Å². The van der Waals surface area contributed by atoms with Crippen molar-refractivity contribution < 1.29 is 21.8 Å². The van der Waals surface area contributed by atoms with Crippen LogP contribution in [0.4, 0.5) is 17.6 Å². The lowest BCUT2D eigenvalue weighted by Gasteiger charge is -2.13. The number of halogens is 4. The fourth-order valence-electron chi connectivity index (χ4n) is 1.86. The van der Waals surface area contributed by atoms with Crippen molar-refractivity contribution in [1.82, 2.24) is 0 Å². The van der Waals surface area contributed by atoms with Gasteiger partial charge in [-0.3, -0.25) is 4.21 Å². The van der Waals surface area contributed by atoms with Gasteiger partial charge in [0.1, 0.15) is 5.82 Å². The van der Waals surface area contributed by atoms with Crippen molar-refractivity contribution in [1.29, 1.82) is 0 Å². The molecule has 0 aliphatic rings. The molecule has 1 nitrogen and oxygen atoms in total. The summed E-state index contributed by atoms with van der Waals surface area (Å²) in [6.07, 6.45) is -4.40. The highest BCUT2D eigenvalue weighted by Crippen LogP contribution is 2.31. The number of rotatable bonds is 3. The standard InChI is InChI=1S/C15H12F4OS/c1-10(21(20)14-4-2-3-13(16)9-14)11-5-7-12(8-6-11)15(17,18)19/h2-10H,1H3/t10-,21-/m1/s1. The van der Waals surface area contributed by atoms with Crippen LogP contribution in [0.15, 0.2) is 53.4 Å². The molecule has 0 spiro atoms. The molecular formula is C15H12F4OS. The van der Waals surface area contributed by atoms with Crippen molar-refractivity contribution in [3.05, 3.63) is 65.5 Å². The Morgan fingerprint density at radius 3 is 2.19 bits per heavy atom. The highest BCUT2D eigenvalue weighted by atomic mass is 32.2. The normalized spacial score (nSPS) is 14.7. The first-order valence-corrected chi connectivity index (χ1v) is 7.33. The topological polar surface area (TPSA) is 17.1 Å². The molecule has 0 aromatic heterocycles. The van der Waals surface area contributed by atoms with E-state index in [1.807, 2.05) is 0 Å². The quantitative estimate of drug-likeness (QED) is 0.749. The maximum Gasteiger partial charge on any atom is 0.416 e. The molecule has 0 amide bonds. The van der Waals surface area contributed by atoms with Gasteiger partial charge in [-0.05, 0) is 42.8 Å². The molecule has 112 valence electrons.